The summed E-state index contributed by atoms with van der Waals surface area (Å²) in [5.41, 5.74) is 1.60. The highest BCUT2D eigenvalue weighted by molar-refractivity contribution is 6.21. The number of imide groups is 1. The molecule has 19 heavy (non-hydrogen) atoms. The summed E-state index contributed by atoms with van der Waals surface area (Å²) in [6, 6.07) is 8.88. The lowest BCUT2D eigenvalue weighted by Gasteiger charge is -2.05. The van der Waals surface area contributed by atoms with Crippen LogP contribution in [-0.4, -0.2) is 11.8 Å². The zero-order valence-corrected chi connectivity index (χ0v) is 10.3. The third-order valence-electron chi connectivity index (χ3n) is 3.00. The van der Waals surface area contributed by atoms with Gasteiger partial charge in [0.05, 0.1) is 17.7 Å². The van der Waals surface area contributed by atoms with Crippen LogP contribution in [0.3, 0.4) is 0 Å². The molecular formula is C14H12N2O3. The molecule has 2 N–H and O–H groups in total. The first kappa shape index (κ1) is 11.5. The molecule has 0 bridgehead atoms. The van der Waals surface area contributed by atoms with Crippen molar-refractivity contribution in [3.63, 3.8) is 0 Å². The number of rotatable bonds is 3. The van der Waals surface area contributed by atoms with Crippen LogP contribution in [0.1, 0.15) is 32.2 Å². The van der Waals surface area contributed by atoms with Crippen LogP contribution in [-0.2, 0) is 6.54 Å². The topological polar surface area (TPSA) is 71.3 Å². The summed E-state index contributed by atoms with van der Waals surface area (Å²) in [6.45, 7) is 2.41. The predicted molar refractivity (Wildman–Crippen MR) is 69.0 cm³/mol. The van der Waals surface area contributed by atoms with Crippen molar-refractivity contribution < 1.29 is 14.0 Å². The van der Waals surface area contributed by atoms with E-state index in [1.165, 1.54) is 0 Å². The van der Waals surface area contributed by atoms with Crippen LogP contribution in [0.4, 0.5) is 5.69 Å². The Bertz CT molecular complexity index is 673. The predicted octanol–water partition coefficient (Wildman–Crippen LogP) is 2.08. The van der Waals surface area contributed by atoms with Gasteiger partial charge in [0.15, 0.2) is 0 Å². The van der Waals surface area contributed by atoms with Gasteiger partial charge in [-0.25, -0.2) is 0 Å². The lowest BCUT2D eigenvalue weighted by Crippen LogP contribution is -2.19. The number of anilines is 1. The number of benzene rings is 1. The maximum atomic E-state index is 11.5. The molecule has 1 aliphatic heterocycles. The maximum absolute atomic E-state index is 11.5. The van der Waals surface area contributed by atoms with Gasteiger partial charge in [-0.3, -0.25) is 14.9 Å². The van der Waals surface area contributed by atoms with E-state index in [4.69, 9.17) is 4.42 Å². The lowest BCUT2D eigenvalue weighted by molar-refractivity contribution is 0.0879. The van der Waals surface area contributed by atoms with E-state index in [1.54, 1.807) is 18.2 Å². The van der Waals surface area contributed by atoms with Crippen molar-refractivity contribution in [2.75, 3.05) is 5.32 Å². The molecule has 0 aliphatic carbocycles. The van der Waals surface area contributed by atoms with E-state index in [2.05, 4.69) is 10.6 Å². The van der Waals surface area contributed by atoms with Crippen molar-refractivity contribution in [3.8, 4) is 0 Å². The molecule has 0 saturated heterocycles. The summed E-state index contributed by atoms with van der Waals surface area (Å²) in [5.74, 6) is 0.986. The highest BCUT2D eigenvalue weighted by Crippen LogP contribution is 2.20. The van der Waals surface area contributed by atoms with Crippen molar-refractivity contribution in [2.45, 2.75) is 13.5 Å². The molecule has 2 aromatic rings. The quantitative estimate of drug-likeness (QED) is 0.825. The van der Waals surface area contributed by atoms with Gasteiger partial charge in [-0.15, -0.1) is 0 Å². The molecule has 5 heteroatoms. The van der Waals surface area contributed by atoms with Gasteiger partial charge in [0.25, 0.3) is 11.8 Å². The average molecular weight is 256 g/mol. The van der Waals surface area contributed by atoms with E-state index >= 15 is 0 Å². The Balaban J connectivity index is 1.78. The van der Waals surface area contributed by atoms with Crippen LogP contribution < -0.4 is 10.6 Å². The molecule has 1 aromatic heterocycles. The minimum atomic E-state index is -0.350. The molecule has 0 atom stereocenters. The Morgan fingerprint density at radius 3 is 2.63 bits per heavy atom. The third kappa shape index (κ3) is 2.10. The SMILES string of the molecule is Cc1ccc(CNc2ccc3c(c2)C(=O)NC3=O)o1. The van der Waals surface area contributed by atoms with Gasteiger partial charge in [-0.1, -0.05) is 0 Å². The van der Waals surface area contributed by atoms with E-state index in [1.807, 2.05) is 19.1 Å². The van der Waals surface area contributed by atoms with E-state index < -0.39 is 0 Å². The summed E-state index contributed by atoms with van der Waals surface area (Å²) in [5, 5.41) is 5.42. The first-order valence-electron chi connectivity index (χ1n) is 5.92. The lowest BCUT2D eigenvalue weighted by atomic mass is 10.1. The van der Waals surface area contributed by atoms with Gasteiger partial charge in [0, 0.05) is 5.69 Å². The van der Waals surface area contributed by atoms with Crippen molar-refractivity contribution in [1.29, 1.82) is 0 Å². The molecule has 5 nitrogen and oxygen atoms in total. The summed E-state index contributed by atoms with van der Waals surface area (Å²) < 4.78 is 5.44. The zero-order valence-electron chi connectivity index (χ0n) is 10.3. The second-order valence-electron chi connectivity index (χ2n) is 4.41. The minimum absolute atomic E-state index is 0.340. The molecular weight excluding hydrogens is 244 g/mol. The monoisotopic (exact) mass is 256 g/mol. The van der Waals surface area contributed by atoms with Crippen molar-refractivity contribution in [3.05, 3.63) is 53.0 Å². The van der Waals surface area contributed by atoms with Gasteiger partial charge in [-0.2, -0.15) is 0 Å². The molecule has 3 rings (SSSR count). The Morgan fingerprint density at radius 2 is 1.89 bits per heavy atom. The summed E-state index contributed by atoms with van der Waals surface area (Å²) in [7, 11) is 0. The number of carbonyl (C=O) groups is 2. The normalized spacial score (nSPS) is 13.3. The fourth-order valence-electron chi connectivity index (χ4n) is 2.05. The fraction of sp³-hybridized carbons (Fsp3) is 0.143. The number of hydrogen-bond acceptors (Lipinski definition) is 4. The maximum Gasteiger partial charge on any atom is 0.259 e. The van der Waals surface area contributed by atoms with E-state index in [-0.39, 0.29) is 11.8 Å². The molecule has 0 radical (unpaired) electrons. The van der Waals surface area contributed by atoms with Gasteiger partial charge >= 0.3 is 0 Å². The summed E-state index contributed by atoms with van der Waals surface area (Å²) in [4.78, 5) is 22.9. The third-order valence-corrected chi connectivity index (χ3v) is 3.00. The number of hydrogen-bond donors (Lipinski definition) is 2. The fourth-order valence-corrected chi connectivity index (χ4v) is 2.05. The van der Waals surface area contributed by atoms with Gasteiger partial charge in [0.1, 0.15) is 11.5 Å². The van der Waals surface area contributed by atoms with Crippen LogP contribution >= 0.6 is 0 Å². The average Bonchev–Trinajstić information content (AvgIpc) is 2.92. The summed E-state index contributed by atoms with van der Waals surface area (Å²) >= 11 is 0. The van der Waals surface area contributed by atoms with E-state index in [0.717, 1.165) is 17.2 Å². The number of amides is 2. The van der Waals surface area contributed by atoms with Crippen LogP contribution in [0.5, 0.6) is 0 Å². The van der Waals surface area contributed by atoms with Crippen LogP contribution in [0.15, 0.2) is 34.7 Å². The number of aryl methyl sites for hydroxylation is 1. The number of nitrogens with one attached hydrogen (secondary N) is 2. The Labute approximate surface area is 109 Å². The summed E-state index contributed by atoms with van der Waals surface area (Å²) in [6.07, 6.45) is 0. The number of furan rings is 1. The van der Waals surface area contributed by atoms with Crippen LogP contribution in [0, 0.1) is 6.92 Å². The molecule has 0 spiro atoms. The van der Waals surface area contributed by atoms with Crippen molar-refractivity contribution in [1.82, 2.24) is 5.32 Å². The molecule has 1 aromatic carbocycles. The molecule has 0 saturated carbocycles. The highest BCUT2D eigenvalue weighted by atomic mass is 16.3. The van der Waals surface area contributed by atoms with Gasteiger partial charge in [-0.05, 0) is 37.3 Å². The molecule has 0 unspecified atom stereocenters. The van der Waals surface area contributed by atoms with Crippen LogP contribution in [0.25, 0.3) is 0 Å². The highest BCUT2D eigenvalue weighted by Gasteiger charge is 2.26. The minimum Gasteiger partial charge on any atom is -0.465 e. The second kappa shape index (κ2) is 4.28. The Kier molecular flexibility index (Phi) is 2.59. The smallest absolute Gasteiger partial charge is 0.259 e. The van der Waals surface area contributed by atoms with E-state index in [0.29, 0.717) is 17.7 Å². The van der Waals surface area contributed by atoms with E-state index in [9.17, 15) is 9.59 Å². The Morgan fingerprint density at radius 1 is 1.11 bits per heavy atom. The zero-order chi connectivity index (χ0) is 13.4. The molecule has 1 aliphatic rings. The largest absolute Gasteiger partial charge is 0.465 e. The van der Waals surface area contributed by atoms with Crippen LogP contribution in [0.2, 0.25) is 0 Å². The molecule has 2 heterocycles. The first-order valence-corrected chi connectivity index (χ1v) is 5.92. The molecule has 96 valence electrons. The standard InChI is InChI=1S/C14H12N2O3/c1-8-2-4-10(19-8)7-15-9-3-5-11-12(6-9)14(18)16-13(11)17/h2-6,15H,7H2,1H3,(H,16,17,18). The number of fused-ring (bicyclic) bond motifs is 1. The van der Waals surface area contributed by atoms with Gasteiger partial charge < -0.3 is 9.73 Å². The van der Waals surface area contributed by atoms with Crippen molar-refractivity contribution >= 4 is 17.5 Å². The molecule has 2 amide bonds. The van der Waals surface area contributed by atoms with Crippen molar-refractivity contribution in [2.24, 2.45) is 0 Å². The molecule has 0 fully saturated rings. The Hall–Kier alpha value is -2.56. The first-order chi connectivity index (χ1) is 9.13. The van der Waals surface area contributed by atoms with Gasteiger partial charge in [0.2, 0.25) is 0 Å². The second-order valence-corrected chi connectivity index (χ2v) is 4.41. The number of carbonyl (C=O) groups excluding carboxylic acids is 2.